The molecular weight excluding hydrogens is 166 g/mol. The zero-order chi connectivity index (χ0) is 9.68. The second kappa shape index (κ2) is 5.58. The Morgan fingerprint density at radius 2 is 1.92 bits per heavy atom. The molecule has 13 heavy (non-hydrogen) atoms. The summed E-state index contributed by atoms with van der Waals surface area (Å²) in [6, 6.07) is 0.272. The summed E-state index contributed by atoms with van der Waals surface area (Å²) in [7, 11) is 3.35. The van der Waals surface area contributed by atoms with E-state index in [1.54, 1.807) is 14.2 Å². The topological polar surface area (TPSA) is 30.5 Å². The lowest BCUT2D eigenvalue weighted by Crippen LogP contribution is -2.40. The van der Waals surface area contributed by atoms with Crippen molar-refractivity contribution in [1.82, 2.24) is 5.32 Å². The van der Waals surface area contributed by atoms with E-state index in [2.05, 4.69) is 12.2 Å². The minimum Gasteiger partial charge on any atom is -0.354 e. The van der Waals surface area contributed by atoms with Gasteiger partial charge in [-0.3, -0.25) is 0 Å². The third kappa shape index (κ3) is 4.07. The second-order valence-corrected chi connectivity index (χ2v) is 3.81. The molecule has 78 valence electrons. The predicted molar refractivity (Wildman–Crippen MR) is 52.6 cm³/mol. The molecule has 0 aromatic carbocycles. The molecule has 0 radical (unpaired) electrons. The molecule has 1 unspecified atom stereocenters. The molecule has 1 saturated carbocycles. The Morgan fingerprint density at radius 3 is 2.38 bits per heavy atom. The van der Waals surface area contributed by atoms with Crippen LogP contribution in [0.3, 0.4) is 0 Å². The van der Waals surface area contributed by atoms with E-state index < -0.39 is 0 Å². The first-order chi connectivity index (χ1) is 6.27. The first-order valence-corrected chi connectivity index (χ1v) is 5.07. The van der Waals surface area contributed by atoms with Gasteiger partial charge in [-0.15, -0.1) is 0 Å². The van der Waals surface area contributed by atoms with Crippen LogP contribution < -0.4 is 5.32 Å². The number of ether oxygens (including phenoxy) is 2. The molecule has 0 heterocycles. The molecule has 0 aromatic heterocycles. The first-order valence-electron chi connectivity index (χ1n) is 5.07. The van der Waals surface area contributed by atoms with Gasteiger partial charge in [0.15, 0.2) is 6.29 Å². The summed E-state index contributed by atoms with van der Waals surface area (Å²) >= 11 is 0. The van der Waals surface area contributed by atoms with E-state index in [1.807, 2.05) is 0 Å². The predicted octanol–water partition coefficient (Wildman–Crippen LogP) is 1.38. The molecule has 1 atom stereocenters. The van der Waals surface area contributed by atoms with Gasteiger partial charge in [-0.2, -0.15) is 0 Å². The molecule has 1 rings (SSSR count). The number of nitrogens with one attached hydrogen (secondary N) is 1. The van der Waals surface area contributed by atoms with E-state index in [0.717, 1.165) is 12.5 Å². The van der Waals surface area contributed by atoms with Crippen LogP contribution in [0.4, 0.5) is 0 Å². The minimum atomic E-state index is -0.126. The van der Waals surface area contributed by atoms with E-state index in [9.17, 15) is 0 Å². The lowest BCUT2D eigenvalue weighted by atomic mass is 10.2. The molecule has 3 heteroatoms. The monoisotopic (exact) mass is 187 g/mol. The van der Waals surface area contributed by atoms with Gasteiger partial charge in [0.1, 0.15) is 0 Å². The zero-order valence-corrected chi connectivity index (χ0v) is 8.88. The fourth-order valence-corrected chi connectivity index (χ4v) is 1.52. The molecule has 1 fully saturated rings. The highest BCUT2D eigenvalue weighted by molar-refractivity contribution is 4.75. The van der Waals surface area contributed by atoms with E-state index in [-0.39, 0.29) is 12.3 Å². The van der Waals surface area contributed by atoms with Crippen molar-refractivity contribution in [3.05, 3.63) is 0 Å². The van der Waals surface area contributed by atoms with Gasteiger partial charge in [-0.1, -0.05) is 12.8 Å². The largest absolute Gasteiger partial charge is 0.354 e. The van der Waals surface area contributed by atoms with Gasteiger partial charge >= 0.3 is 0 Å². The molecule has 0 aromatic rings. The molecule has 1 aliphatic carbocycles. The molecule has 0 amide bonds. The highest BCUT2D eigenvalue weighted by Gasteiger charge is 2.21. The minimum absolute atomic E-state index is 0.126. The summed E-state index contributed by atoms with van der Waals surface area (Å²) in [5.41, 5.74) is 0. The molecule has 1 N–H and O–H groups in total. The highest BCUT2D eigenvalue weighted by atomic mass is 16.7. The molecule has 0 bridgehead atoms. The fraction of sp³-hybridized carbons (Fsp3) is 1.00. The van der Waals surface area contributed by atoms with Crippen LogP contribution in [0.5, 0.6) is 0 Å². The number of methoxy groups -OCH3 is 2. The van der Waals surface area contributed by atoms with Crippen LogP contribution in [0.2, 0.25) is 0 Å². The Labute approximate surface area is 80.8 Å². The lowest BCUT2D eigenvalue weighted by Gasteiger charge is -2.22. The van der Waals surface area contributed by atoms with Crippen LogP contribution in [0.15, 0.2) is 0 Å². The quantitative estimate of drug-likeness (QED) is 0.611. The van der Waals surface area contributed by atoms with Crippen molar-refractivity contribution in [3.63, 3.8) is 0 Å². The summed E-state index contributed by atoms with van der Waals surface area (Å²) in [5, 5.41) is 3.41. The van der Waals surface area contributed by atoms with E-state index >= 15 is 0 Å². The van der Waals surface area contributed by atoms with Gasteiger partial charge < -0.3 is 14.8 Å². The van der Waals surface area contributed by atoms with Crippen molar-refractivity contribution in [1.29, 1.82) is 0 Å². The Bertz CT molecular complexity index is 133. The summed E-state index contributed by atoms with van der Waals surface area (Å²) in [4.78, 5) is 0. The second-order valence-electron chi connectivity index (χ2n) is 3.81. The SMILES string of the molecule is COC(OC)C(C)NCCC1CC1. The smallest absolute Gasteiger partial charge is 0.171 e. The van der Waals surface area contributed by atoms with Crippen molar-refractivity contribution in [2.75, 3.05) is 20.8 Å². The molecule has 1 aliphatic rings. The van der Waals surface area contributed by atoms with Crippen molar-refractivity contribution < 1.29 is 9.47 Å². The third-order valence-corrected chi connectivity index (χ3v) is 2.59. The van der Waals surface area contributed by atoms with Crippen LogP contribution in [0.1, 0.15) is 26.2 Å². The summed E-state index contributed by atoms with van der Waals surface area (Å²) in [6.45, 7) is 3.17. The van der Waals surface area contributed by atoms with Gasteiger partial charge in [0, 0.05) is 14.2 Å². The number of rotatable bonds is 7. The maximum atomic E-state index is 5.15. The number of hydrogen-bond acceptors (Lipinski definition) is 3. The first kappa shape index (κ1) is 11.0. The fourth-order valence-electron chi connectivity index (χ4n) is 1.52. The Hall–Kier alpha value is -0.120. The van der Waals surface area contributed by atoms with Gasteiger partial charge in [0.25, 0.3) is 0 Å². The standard InChI is InChI=1S/C10H21NO2/c1-8(10(12-2)13-3)11-7-6-9-4-5-9/h8-11H,4-7H2,1-3H3. The van der Waals surface area contributed by atoms with E-state index in [1.165, 1.54) is 19.3 Å². The molecule has 0 saturated heterocycles. The van der Waals surface area contributed by atoms with E-state index in [4.69, 9.17) is 9.47 Å². The maximum Gasteiger partial charge on any atom is 0.171 e. The Balaban J connectivity index is 2.03. The summed E-state index contributed by atoms with van der Waals surface area (Å²) in [6.07, 6.45) is 4.02. The van der Waals surface area contributed by atoms with Crippen LogP contribution >= 0.6 is 0 Å². The molecular formula is C10H21NO2. The summed E-state index contributed by atoms with van der Waals surface area (Å²) in [5.74, 6) is 0.989. The van der Waals surface area contributed by atoms with Crippen LogP contribution in [-0.2, 0) is 9.47 Å². The number of hydrogen-bond donors (Lipinski definition) is 1. The Morgan fingerprint density at radius 1 is 1.31 bits per heavy atom. The van der Waals surface area contributed by atoms with Crippen LogP contribution in [0.25, 0.3) is 0 Å². The van der Waals surface area contributed by atoms with Gasteiger partial charge in [0.05, 0.1) is 6.04 Å². The normalized spacial score (nSPS) is 19.4. The zero-order valence-electron chi connectivity index (χ0n) is 8.88. The van der Waals surface area contributed by atoms with Gasteiger partial charge in [0.2, 0.25) is 0 Å². The third-order valence-electron chi connectivity index (χ3n) is 2.59. The maximum absolute atomic E-state index is 5.15. The summed E-state index contributed by atoms with van der Waals surface area (Å²) < 4.78 is 10.3. The van der Waals surface area contributed by atoms with Gasteiger partial charge in [-0.25, -0.2) is 0 Å². The lowest BCUT2D eigenvalue weighted by molar-refractivity contribution is -0.119. The van der Waals surface area contributed by atoms with E-state index in [0.29, 0.717) is 0 Å². The van der Waals surface area contributed by atoms with Crippen molar-refractivity contribution in [2.24, 2.45) is 5.92 Å². The molecule has 3 nitrogen and oxygen atoms in total. The van der Waals surface area contributed by atoms with Crippen molar-refractivity contribution >= 4 is 0 Å². The van der Waals surface area contributed by atoms with Crippen molar-refractivity contribution in [3.8, 4) is 0 Å². The van der Waals surface area contributed by atoms with Crippen LogP contribution in [0, 0.1) is 5.92 Å². The van der Waals surface area contributed by atoms with Crippen molar-refractivity contribution in [2.45, 2.75) is 38.5 Å². The highest BCUT2D eigenvalue weighted by Crippen LogP contribution is 2.31. The average molecular weight is 187 g/mol. The average Bonchev–Trinajstić information content (AvgIpc) is 2.90. The molecule has 0 aliphatic heterocycles. The molecule has 0 spiro atoms. The van der Waals surface area contributed by atoms with Gasteiger partial charge in [-0.05, 0) is 25.8 Å². The Kier molecular flexibility index (Phi) is 4.70. The van der Waals surface area contributed by atoms with Crippen LogP contribution in [-0.4, -0.2) is 33.1 Å².